The Labute approximate surface area is 134 Å². The molecule has 0 spiro atoms. The second-order valence-electron chi connectivity index (χ2n) is 5.48. The van der Waals surface area contributed by atoms with Crippen LogP contribution in [0.5, 0.6) is 11.5 Å². The summed E-state index contributed by atoms with van der Waals surface area (Å²) in [7, 11) is 3.25. The Morgan fingerprint density at radius 2 is 1.91 bits per heavy atom. The molecule has 1 aromatic carbocycles. The minimum Gasteiger partial charge on any atom is -0.493 e. The Morgan fingerprint density at radius 3 is 2.50 bits per heavy atom. The third-order valence-electron chi connectivity index (χ3n) is 3.93. The molecule has 4 nitrogen and oxygen atoms in total. The lowest BCUT2D eigenvalue weighted by Gasteiger charge is -2.15. The van der Waals surface area contributed by atoms with Crippen LogP contribution in [0.4, 0.5) is 0 Å². The third-order valence-corrected chi connectivity index (χ3v) is 3.93. The quantitative estimate of drug-likeness (QED) is 0.719. The Hall–Kier alpha value is -1.71. The molecule has 0 unspecified atom stereocenters. The summed E-state index contributed by atoms with van der Waals surface area (Å²) in [4.78, 5) is 12.1. The van der Waals surface area contributed by atoms with Crippen LogP contribution >= 0.6 is 0 Å². The Balaban J connectivity index is 2.47. The van der Waals surface area contributed by atoms with E-state index in [0.29, 0.717) is 6.54 Å². The number of hydrogen-bond donors (Lipinski definition) is 1. The van der Waals surface area contributed by atoms with E-state index in [9.17, 15) is 4.79 Å². The number of hydrogen-bond acceptors (Lipinski definition) is 3. The molecule has 1 N–H and O–H groups in total. The van der Waals surface area contributed by atoms with Gasteiger partial charge in [0.1, 0.15) is 0 Å². The molecule has 0 radical (unpaired) electrons. The van der Waals surface area contributed by atoms with Crippen molar-refractivity contribution in [1.82, 2.24) is 5.32 Å². The monoisotopic (exact) mass is 307 g/mol. The number of rotatable bonds is 10. The van der Waals surface area contributed by atoms with E-state index in [-0.39, 0.29) is 11.8 Å². The number of nitrogens with one attached hydrogen (secondary N) is 1. The van der Waals surface area contributed by atoms with Crippen LogP contribution in [0.2, 0.25) is 0 Å². The van der Waals surface area contributed by atoms with E-state index in [4.69, 9.17) is 9.47 Å². The van der Waals surface area contributed by atoms with E-state index < -0.39 is 0 Å². The maximum absolute atomic E-state index is 12.1. The first kappa shape index (κ1) is 18.3. The van der Waals surface area contributed by atoms with Crippen LogP contribution in [0.25, 0.3) is 0 Å². The zero-order valence-electron chi connectivity index (χ0n) is 14.3. The molecule has 1 atom stereocenters. The average Bonchev–Trinajstić information content (AvgIpc) is 2.55. The van der Waals surface area contributed by atoms with Crippen molar-refractivity contribution in [3.8, 4) is 11.5 Å². The third kappa shape index (κ3) is 5.58. The summed E-state index contributed by atoms with van der Waals surface area (Å²) in [5.41, 5.74) is 1.12. The van der Waals surface area contributed by atoms with E-state index >= 15 is 0 Å². The first-order valence-electron chi connectivity index (χ1n) is 8.14. The lowest BCUT2D eigenvalue weighted by atomic mass is 9.98. The molecule has 0 fully saturated rings. The fraction of sp³-hybridized carbons (Fsp3) is 0.611. The number of methoxy groups -OCH3 is 2. The van der Waals surface area contributed by atoms with E-state index in [0.717, 1.165) is 49.2 Å². The van der Waals surface area contributed by atoms with E-state index in [1.54, 1.807) is 14.2 Å². The standard InChI is InChI=1S/C18H29NO3/c1-5-7-8-15(6-2)18(20)19-12-11-14-9-10-16(21-3)17(13-14)22-4/h9-10,13,15H,5-8,11-12H2,1-4H3,(H,19,20)/t15-/m1/s1. The van der Waals surface area contributed by atoms with Crippen molar-refractivity contribution in [2.75, 3.05) is 20.8 Å². The number of carbonyl (C=O) groups is 1. The van der Waals surface area contributed by atoms with Crippen molar-refractivity contribution >= 4 is 5.91 Å². The highest BCUT2D eigenvalue weighted by atomic mass is 16.5. The van der Waals surface area contributed by atoms with Gasteiger partial charge >= 0.3 is 0 Å². The number of ether oxygens (including phenoxy) is 2. The maximum Gasteiger partial charge on any atom is 0.223 e. The molecule has 0 heterocycles. The van der Waals surface area contributed by atoms with Crippen LogP contribution < -0.4 is 14.8 Å². The molecule has 0 aliphatic carbocycles. The summed E-state index contributed by atoms with van der Waals surface area (Å²) >= 11 is 0. The summed E-state index contributed by atoms with van der Waals surface area (Å²) in [6.07, 6.45) is 4.92. The molecule has 0 aromatic heterocycles. The molecular formula is C18H29NO3. The highest BCUT2D eigenvalue weighted by molar-refractivity contribution is 5.78. The normalized spacial score (nSPS) is 11.8. The average molecular weight is 307 g/mol. The van der Waals surface area contributed by atoms with E-state index in [2.05, 4.69) is 19.2 Å². The van der Waals surface area contributed by atoms with E-state index in [1.165, 1.54) is 0 Å². The Morgan fingerprint density at radius 1 is 1.18 bits per heavy atom. The van der Waals surface area contributed by atoms with Gasteiger partial charge in [-0.2, -0.15) is 0 Å². The van der Waals surface area contributed by atoms with Gasteiger partial charge in [-0.25, -0.2) is 0 Å². The predicted molar refractivity (Wildman–Crippen MR) is 89.6 cm³/mol. The van der Waals surface area contributed by atoms with Crippen LogP contribution in [0, 0.1) is 5.92 Å². The van der Waals surface area contributed by atoms with Crippen LogP contribution in [-0.4, -0.2) is 26.7 Å². The summed E-state index contributed by atoms with van der Waals surface area (Å²) in [5, 5.41) is 3.05. The molecule has 0 aliphatic rings. The highest BCUT2D eigenvalue weighted by Crippen LogP contribution is 2.27. The van der Waals surface area contributed by atoms with Gasteiger partial charge < -0.3 is 14.8 Å². The number of amides is 1. The van der Waals surface area contributed by atoms with Crippen molar-refractivity contribution in [2.24, 2.45) is 5.92 Å². The molecule has 0 bridgehead atoms. The van der Waals surface area contributed by atoms with Crippen molar-refractivity contribution in [3.05, 3.63) is 23.8 Å². The van der Waals surface area contributed by atoms with Crippen LogP contribution in [0.1, 0.15) is 45.1 Å². The van der Waals surface area contributed by atoms with Gasteiger partial charge in [-0.3, -0.25) is 4.79 Å². The fourth-order valence-corrected chi connectivity index (χ4v) is 2.48. The summed E-state index contributed by atoms with van der Waals surface area (Å²) < 4.78 is 10.5. The summed E-state index contributed by atoms with van der Waals surface area (Å²) in [5.74, 6) is 1.77. The predicted octanol–water partition coefficient (Wildman–Crippen LogP) is 3.58. The zero-order valence-corrected chi connectivity index (χ0v) is 14.3. The van der Waals surface area contributed by atoms with Gasteiger partial charge in [-0.1, -0.05) is 32.8 Å². The van der Waals surface area contributed by atoms with Gasteiger partial charge in [0.05, 0.1) is 14.2 Å². The van der Waals surface area contributed by atoms with Crippen LogP contribution in [0.15, 0.2) is 18.2 Å². The summed E-state index contributed by atoms with van der Waals surface area (Å²) in [6.45, 7) is 4.88. The number of unbranched alkanes of at least 4 members (excludes halogenated alkanes) is 1. The molecule has 0 saturated heterocycles. The number of benzene rings is 1. The Kier molecular flexibility index (Phi) is 8.41. The van der Waals surface area contributed by atoms with Crippen molar-refractivity contribution in [1.29, 1.82) is 0 Å². The van der Waals surface area contributed by atoms with Gasteiger partial charge in [-0.05, 0) is 37.0 Å². The van der Waals surface area contributed by atoms with Crippen molar-refractivity contribution in [3.63, 3.8) is 0 Å². The SMILES string of the molecule is CCCC[C@@H](CC)C(=O)NCCc1ccc(OC)c(OC)c1. The molecule has 0 aliphatic heterocycles. The molecular weight excluding hydrogens is 278 g/mol. The molecule has 1 rings (SSSR count). The second-order valence-corrected chi connectivity index (χ2v) is 5.48. The van der Waals surface area contributed by atoms with Gasteiger partial charge in [-0.15, -0.1) is 0 Å². The second kappa shape index (κ2) is 10.1. The topological polar surface area (TPSA) is 47.6 Å². The largest absolute Gasteiger partial charge is 0.493 e. The van der Waals surface area contributed by atoms with Gasteiger partial charge in [0.15, 0.2) is 11.5 Å². The molecule has 22 heavy (non-hydrogen) atoms. The minimum absolute atomic E-state index is 0.144. The zero-order chi connectivity index (χ0) is 16.4. The summed E-state index contributed by atoms with van der Waals surface area (Å²) in [6, 6.07) is 5.85. The van der Waals surface area contributed by atoms with Gasteiger partial charge in [0, 0.05) is 12.5 Å². The van der Waals surface area contributed by atoms with Crippen molar-refractivity contribution in [2.45, 2.75) is 46.0 Å². The molecule has 1 amide bonds. The first-order valence-corrected chi connectivity index (χ1v) is 8.14. The smallest absolute Gasteiger partial charge is 0.223 e. The number of carbonyl (C=O) groups excluding carboxylic acids is 1. The molecule has 4 heteroatoms. The van der Waals surface area contributed by atoms with Crippen LogP contribution in [0.3, 0.4) is 0 Å². The maximum atomic E-state index is 12.1. The minimum atomic E-state index is 0.144. The fourth-order valence-electron chi connectivity index (χ4n) is 2.48. The first-order chi connectivity index (χ1) is 10.7. The lowest BCUT2D eigenvalue weighted by Crippen LogP contribution is -2.32. The highest BCUT2D eigenvalue weighted by Gasteiger charge is 2.15. The molecule has 0 saturated carbocycles. The molecule has 1 aromatic rings. The molecule has 124 valence electrons. The van der Waals surface area contributed by atoms with Crippen molar-refractivity contribution < 1.29 is 14.3 Å². The van der Waals surface area contributed by atoms with E-state index in [1.807, 2.05) is 18.2 Å². The Bertz CT molecular complexity index is 460. The lowest BCUT2D eigenvalue weighted by molar-refractivity contribution is -0.125. The van der Waals surface area contributed by atoms with Gasteiger partial charge in [0.2, 0.25) is 5.91 Å². The van der Waals surface area contributed by atoms with Gasteiger partial charge in [0.25, 0.3) is 0 Å². The van der Waals surface area contributed by atoms with Crippen LogP contribution in [-0.2, 0) is 11.2 Å².